The van der Waals surface area contributed by atoms with Gasteiger partial charge in [0, 0.05) is 18.8 Å². The van der Waals surface area contributed by atoms with Crippen LogP contribution in [0.5, 0.6) is 0 Å². The van der Waals surface area contributed by atoms with Gasteiger partial charge in [0.25, 0.3) is 5.91 Å². The molecular formula is C22H20F3N3O. The molecule has 0 saturated carbocycles. The Balaban J connectivity index is 1.70. The molecule has 0 saturated heterocycles. The predicted octanol–water partition coefficient (Wildman–Crippen LogP) is 5.38. The summed E-state index contributed by atoms with van der Waals surface area (Å²) in [5.41, 5.74) is 1.38. The number of hydrogen-bond donors (Lipinski definition) is 1. The summed E-state index contributed by atoms with van der Waals surface area (Å²) in [6.07, 6.45) is -2.88. The van der Waals surface area contributed by atoms with E-state index in [4.69, 9.17) is 0 Å². The van der Waals surface area contributed by atoms with E-state index >= 15 is 0 Å². The van der Waals surface area contributed by atoms with Crippen LogP contribution in [0.3, 0.4) is 0 Å². The molecule has 1 heterocycles. The van der Waals surface area contributed by atoms with Crippen molar-refractivity contribution in [2.24, 2.45) is 0 Å². The Hall–Kier alpha value is -3.35. The Morgan fingerprint density at radius 3 is 2.41 bits per heavy atom. The molecule has 0 unspecified atom stereocenters. The van der Waals surface area contributed by atoms with E-state index in [2.05, 4.69) is 15.2 Å². The topological polar surface area (TPSA) is 45.2 Å². The summed E-state index contributed by atoms with van der Waals surface area (Å²) in [6, 6.07) is 17.8. The number of nitrogens with one attached hydrogen (secondary N) is 1. The van der Waals surface area contributed by atoms with Gasteiger partial charge in [-0.15, -0.1) is 0 Å². The number of carbonyl (C=O) groups excluding carboxylic acids is 1. The first-order valence-corrected chi connectivity index (χ1v) is 9.10. The van der Waals surface area contributed by atoms with Gasteiger partial charge in [-0.1, -0.05) is 36.4 Å². The maximum absolute atomic E-state index is 12.8. The number of aromatic nitrogens is 1. The molecule has 2 aromatic carbocycles. The van der Waals surface area contributed by atoms with Crippen molar-refractivity contribution in [3.8, 4) is 0 Å². The zero-order valence-electron chi connectivity index (χ0n) is 15.8. The molecule has 29 heavy (non-hydrogen) atoms. The average Bonchev–Trinajstić information content (AvgIpc) is 2.72. The van der Waals surface area contributed by atoms with Crippen LogP contribution in [0.2, 0.25) is 0 Å². The number of pyridine rings is 1. The van der Waals surface area contributed by atoms with Crippen LogP contribution in [0.15, 0.2) is 72.9 Å². The number of anilines is 2. The van der Waals surface area contributed by atoms with E-state index in [1.54, 1.807) is 18.3 Å². The summed E-state index contributed by atoms with van der Waals surface area (Å²) in [7, 11) is 0. The second-order valence-electron chi connectivity index (χ2n) is 6.43. The lowest BCUT2D eigenvalue weighted by Gasteiger charge is -2.23. The minimum Gasteiger partial charge on any atom is -0.366 e. The predicted molar refractivity (Wildman–Crippen MR) is 107 cm³/mol. The maximum Gasteiger partial charge on any atom is 0.416 e. The number of benzene rings is 2. The van der Waals surface area contributed by atoms with Gasteiger partial charge < -0.3 is 10.2 Å². The molecule has 1 aromatic heterocycles. The van der Waals surface area contributed by atoms with Crippen LogP contribution in [-0.4, -0.2) is 17.4 Å². The van der Waals surface area contributed by atoms with Gasteiger partial charge in [0.1, 0.15) is 5.69 Å². The third kappa shape index (κ3) is 5.34. The second-order valence-corrected chi connectivity index (χ2v) is 6.43. The van der Waals surface area contributed by atoms with Crippen LogP contribution in [-0.2, 0) is 12.7 Å². The lowest BCUT2D eigenvalue weighted by Crippen LogP contribution is -2.22. The van der Waals surface area contributed by atoms with Gasteiger partial charge in [0.05, 0.1) is 17.4 Å². The first-order chi connectivity index (χ1) is 13.9. The molecule has 1 N–H and O–H groups in total. The number of amides is 1. The highest BCUT2D eigenvalue weighted by Crippen LogP contribution is 2.30. The third-order valence-electron chi connectivity index (χ3n) is 4.39. The lowest BCUT2D eigenvalue weighted by atomic mass is 10.2. The molecule has 4 nitrogen and oxygen atoms in total. The molecule has 7 heteroatoms. The number of halogens is 3. The molecule has 0 spiro atoms. The van der Waals surface area contributed by atoms with Gasteiger partial charge >= 0.3 is 6.18 Å². The summed E-state index contributed by atoms with van der Waals surface area (Å²) in [4.78, 5) is 18.6. The van der Waals surface area contributed by atoms with Gasteiger partial charge in [-0.3, -0.25) is 4.79 Å². The quantitative estimate of drug-likeness (QED) is 0.605. The van der Waals surface area contributed by atoms with Crippen LogP contribution >= 0.6 is 0 Å². The molecule has 0 bridgehead atoms. The van der Waals surface area contributed by atoms with E-state index in [1.165, 1.54) is 12.1 Å². The van der Waals surface area contributed by atoms with Crippen LogP contribution < -0.4 is 10.2 Å². The minimum absolute atomic E-state index is 0.0648. The van der Waals surface area contributed by atoms with Crippen LogP contribution in [0.4, 0.5) is 24.5 Å². The highest BCUT2D eigenvalue weighted by atomic mass is 19.4. The number of hydrogen-bond acceptors (Lipinski definition) is 3. The van der Waals surface area contributed by atoms with E-state index in [1.807, 2.05) is 37.3 Å². The van der Waals surface area contributed by atoms with Crippen molar-refractivity contribution in [3.05, 3.63) is 89.7 Å². The molecule has 150 valence electrons. The maximum atomic E-state index is 12.8. The van der Waals surface area contributed by atoms with Crippen molar-refractivity contribution in [1.82, 2.24) is 4.98 Å². The van der Waals surface area contributed by atoms with Crippen molar-refractivity contribution >= 4 is 17.3 Å². The summed E-state index contributed by atoms with van der Waals surface area (Å²) >= 11 is 0. The fourth-order valence-corrected chi connectivity index (χ4v) is 2.87. The first-order valence-electron chi connectivity index (χ1n) is 9.10. The third-order valence-corrected chi connectivity index (χ3v) is 4.39. The summed E-state index contributed by atoms with van der Waals surface area (Å²) in [6.45, 7) is 3.48. The van der Waals surface area contributed by atoms with Gasteiger partial charge in [0.2, 0.25) is 0 Å². The Morgan fingerprint density at radius 1 is 1.03 bits per heavy atom. The summed E-state index contributed by atoms with van der Waals surface area (Å²) < 4.78 is 38.4. The molecule has 0 fully saturated rings. The molecule has 1 amide bonds. The number of nitrogens with zero attached hydrogens (tertiary/aromatic N) is 2. The molecule has 0 atom stereocenters. The smallest absolute Gasteiger partial charge is 0.366 e. The molecule has 0 radical (unpaired) electrons. The first kappa shape index (κ1) is 20.4. The molecular weight excluding hydrogens is 379 g/mol. The van der Waals surface area contributed by atoms with Gasteiger partial charge in [-0.05, 0) is 42.8 Å². The lowest BCUT2D eigenvalue weighted by molar-refractivity contribution is -0.137. The van der Waals surface area contributed by atoms with E-state index in [0.29, 0.717) is 6.54 Å². The molecule has 3 aromatic rings. The largest absolute Gasteiger partial charge is 0.416 e. The number of carbonyl (C=O) groups is 1. The highest BCUT2D eigenvalue weighted by molar-refractivity contribution is 6.03. The van der Waals surface area contributed by atoms with Gasteiger partial charge in [-0.2, -0.15) is 13.2 Å². The fourth-order valence-electron chi connectivity index (χ4n) is 2.87. The monoisotopic (exact) mass is 399 g/mol. The van der Waals surface area contributed by atoms with E-state index in [9.17, 15) is 18.0 Å². The summed E-state index contributed by atoms with van der Waals surface area (Å²) in [5, 5.41) is 2.46. The standard InChI is InChI=1S/C22H20F3N3O/c1-2-28(15-16-7-4-3-5-8-16)19-11-12-20(26-14-19)21(29)27-18-10-6-9-17(13-18)22(23,24)25/h3-14H,2,15H2,1H3,(H,27,29). The van der Waals surface area contributed by atoms with Gasteiger partial charge in [-0.25, -0.2) is 4.98 Å². The van der Waals surface area contributed by atoms with Crippen molar-refractivity contribution in [1.29, 1.82) is 0 Å². The normalized spacial score (nSPS) is 11.2. The highest BCUT2D eigenvalue weighted by Gasteiger charge is 2.30. The molecule has 0 aliphatic heterocycles. The summed E-state index contributed by atoms with van der Waals surface area (Å²) in [5.74, 6) is -0.568. The zero-order chi connectivity index (χ0) is 20.9. The van der Waals surface area contributed by atoms with Crippen molar-refractivity contribution in [2.45, 2.75) is 19.6 Å². The molecule has 0 aliphatic carbocycles. The molecule has 0 aliphatic rings. The minimum atomic E-state index is -4.47. The van der Waals surface area contributed by atoms with Crippen molar-refractivity contribution in [2.75, 3.05) is 16.8 Å². The SMILES string of the molecule is CCN(Cc1ccccc1)c1ccc(C(=O)Nc2cccc(C(F)(F)F)c2)nc1. The number of alkyl halides is 3. The Morgan fingerprint density at radius 2 is 1.79 bits per heavy atom. The Kier molecular flexibility index (Phi) is 6.16. The average molecular weight is 399 g/mol. The zero-order valence-corrected chi connectivity index (χ0v) is 15.8. The van der Waals surface area contributed by atoms with Crippen molar-refractivity contribution < 1.29 is 18.0 Å². The van der Waals surface area contributed by atoms with Gasteiger partial charge in [0.15, 0.2) is 0 Å². The van der Waals surface area contributed by atoms with Crippen LogP contribution in [0.1, 0.15) is 28.5 Å². The number of rotatable bonds is 6. The van der Waals surface area contributed by atoms with Crippen LogP contribution in [0.25, 0.3) is 0 Å². The van der Waals surface area contributed by atoms with E-state index in [-0.39, 0.29) is 11.4 Å². The van der Waals surface area contributed by atoms with E-state index < -0.39 is 17.6 Å². The Bertz CT molecular complexity index is 957. The van der Waals surface area contributed by atoms with Crippen molar-refractivity contribution in [3.63, 3.8) is 0 Å². The fraction of sp³-hybridized carbons (Fsp3) is 0.182. The Labute approximate surface area is 167 Å². The molecule has 3 rings (SSSR count). The van der Waals surface area contributed by atoms with E-state index in [0.717, 1.165) is 29.9 Å². The second kappa shape index (κ2) is 8.77. The van der Waals surface area contributed by atoms with Crippen LogP contribution in [0, 0.1) is 0 Å².